The lowest BCUT2D eigenvalue weighted by Gasteiger charge is -2.18. The molecule has 4 rings (SSSR count). The first-order chi connectivity index (χ1) is 17.0. The molecule has 0 fully saturated rings. The summed E-state index contributed by atoms with van der Waals surface area (Å²) >= 11 is 5.59. The van der Waals surface area contributed by atoms with E-state index in [0.717, 1.165) is 33.5 Å². The molecule has 0 radical (unpaired) electrons. The lowest BCUT2D eigenvalue weighted by molar-refractivity contribution is -0.139. The summed E-state index contributed by atoms with van der Waals surface area (Å²) in [4.78, 5) is 24.3. The topological polar surface area (TPSA) is 108 Å². The summed E-state index contributed by atoms with van der Waals surface area (Å²) in [7, 11) is 0. The number of hydrogen-bond donors (Lipinski definition) is 4. The summed E-state index contributed by atoms with van der Waals surface area (Å²) in [5.74, 6) is -1.12. The van der Waals surface area contributed by atoms with Gasteiger partial charge in [0, 0.05) is 24.6 Å². The Morgan fingerprint density at radius 3 is 2.11 bits per heavy atom. The first kappa shape index (κ1) is 24.6. The van der Waals surface area contributed by atoms with E-state index in [1.54, 1.807) is 24.3 Å². The zero-order valence-electron chi connectivity index (χ0n) is 19.0. The summed E-state index contributed by atoms with van der Waals surface area (Å²) in [6.07, 6.45) is -1.33. The van der Waals surface area contributed by atoms with Gasteiger partial charge < -0.3 is 25.6 Å². The fourth-order valence-corrected chi connectivity index (χ4v) is 4.38. The van der Waals surface area contributed by atoms with Gasteiger partial charge in [0.2, 0.25) is 0 Å². The summed E-state index contributed by atoms with van der Waals surface area (Å²) in [5.41, 5.74) is 5.92. The van der Waals surface area contributed by atoms with E-state index < -0.39 is 24.2 Å². The maximum Gasteiger partial charge on any atom is 0.407 e. The molecule has 0 heterocycles. The Labute approximate surface area is 208 Å². The first-order valence-corrected chi connectivity index (χ1v) is 11.9. The van der Waals surface area contributed by atoms with Gasteiger partial charge in [0.25, 0.3) is 0 Å². The van der Waals surface area contributed by atoms with Crippen molar-refractivity contribution in [3.63, 3.8) is 0 Å². The molecule has 7 nitrogen and oxygen atoms in total. The van der Waals surface area contributed by atoms with E-state index in [2.05, 4.69) is 22.8 Å². The molecule has 0 spiro atoms. The zero-order chi connectivity index (χ0) is 24.8. The van der Waals surface area contributed by atoms with Crippen LogP contribution >= 0.6 is 11.6 Å². The van der Waals surface area contributed by atoms with Crippen molar-refractivity contribution in [2.75, 3.05) is 24.3 Å². The number of fused-ring (bicyclic) bond motifs is 3. The highest BCUT2D eigenvalue weighted by Gasteiger charge is 2.29. The van der Waals surface area contributed by atoms with Crippen LogP contribution in [-0.4, -0.2) is 53.5 Å². The highest BCUT2D eigenvalue weighted by atomic mass is 35.5. The summed E-state index contributed by atoms with van der Waals surface area (Å²) < 4.78 is 5.48. The van der Waals surface area contributed by atoms with Crippen LogP contribution in [-0.2, 0) is 16.0 Å². The van der Waals surface area contributed by atoms with Crippen molar-refractivity contribution < 1.29 is 24.5 Å². The smallest absolute Gasteiger partial charge is 0.407 e. The molecule has 0 saturated heterocycles. The zero-order valence-corrected chi connectivity index (χ0v) is 19.7. The number of carbonyl (C=O) groups is 2. The third kappa shape index (κ3) is 5.93. The van der Waals surface area contributed by atoms with E-state index in [9.17, 15) is 19.8 Å². The van der Waals surface area contributed by atoms with E-state index >= 15 is 0 Å². The Hall–Kier alpha value is -3.55. The minimum atomic E-state index is -1.15. The minimum Gasteiger partial charge on any atom is -0.480 e. The van der Waals surface area contributed by atoms with Gasteiger partial charge in [0.1, 0.15) is 12.6 Å². The summed E-state index contributed by atoms with van der Waals surface area (Å²) in [6.45, 7) is 0.421. The molecule has 3 aromatic carbocycles. The van der Waals surface area contributed by atoms with E-state index in [-0.39, 0.29) is 24.8 Å². The minimum absolute atomic E-state index is 0.101. The van der Waals surface area contributed by atoms with Gasteiger partial charge >= 0.3 is 12.1 Å². The molecule has 1 aliphatic rings. The highest BCUT2D eigenvalue weighted by Crippen LogP contribution is 2.44. The molecule has 1 amide bonds. The number of ether oxygens (including phenoxy) is 1. The molecular formula is C27H27ClN2O5. The number of aliphatic carboxylic acids is 1. The van der Waals surface area contributed by atoms with Gasteiger partial charge in [-0.2, -0.15) is 0 Å². The molecule has 2 unspecified atom stereocenters. The van der Waals surface area contributed by atoms with Crippen LogP contribution in [0.1, 0.15) is 22.6 Å². The molecule has 0 saturated carbocycles. The number of aliphatic hydroxyl groups is 1. The van der Waals surface area contributed by atoms with Crippen molar-refractivity contribution in [1.82, 2.24) is 5.32 Å². The highest BCUT2D eigenvalue weighted by molar-refractivity contribution is 6.18. The van der Waals surface area contributed by atoms with E-state index in [1.165, 1.54) is 0 Å². The molecule has 0 aromatic heterocycles. The lowest BCUT2D eigenvalue weighted by atomic mass is 9.98. The number of carboxylic acids is 1. The number of nitrogens with one attached hydrogen (secondary N) is 2. The standard InChI is InChI=1S/C27H27ClN2O5/c28-14-19(31)15-29-18-11-9-17(10-12-18)13-25(26(32)33)30-27(34)35-16-24-22-7-3-1-5-20(22)21-6-2-4-8-23(21)24/h1-12,19,24-25,29,31H,13-16H2,(H,30,34)(H,32,33). The second kappa shape index (κ2) is 11.3. The van der Waals surface area contributed by atoms with Crippen LogP contribution in [0, 0.1) is 0 Å². The van der Waals surface area contributed by atoms with Crippen LogP contribution in [0.3, 0.4) is 0 Å². The van der Waals surface area contributed by atoms with Gasteiger partial charge in [0.15, 0.2) is 0 Å². The maximum atomic E-state index is 12.5. The van der Waals surface area contributed by atoms with Crippen molar-refractivity contribution >= 4 is 29.4 Å². The number of amides is 1. The normalized spacial score (nSPS) is 13.9. The first-order valence-electron chi connectivity index (χ1n) is 11.4. The van der Waals surface area contributed by atoms with Crippen LogP contribution in [0.5, 0.6) is 0 Å². The Morgan fingerprint density at radius 1 is 0.943 bits per heavy atom. The Balaban J connectivity index is 1.35. The number of benzene rings is 3. The number of anilines is 1. The second-order valence-electron chi connectivity index (χ2n) is 8.45. The number of carboxylic acid groups (broad SMARTS) is 1. The lowest BCUT2D eigenvalue weighted by Crippen LogP contribution is -2.42. The molecule has 1 aliphatic carbocycles. The molecule has 0 aliphatic heterocycles. The van der Waals surface area contributed by atoms with Crippen molar-refractivity contribution in [1.29, 1.82) is 0 Å². The quantitative estimate of drug-likeness (QED) is 0.314. The van der Waals surface area contributed by atoms with Crippen molar-refractivity contribution in [3.8, 4) is 11.1 Å². The molecule has 2 atom stereocenters. The summed E-state index contributed by atoms with van der Waals surface area (Å²) in [6, 6.07) is 22.0. The van der Waals surface area contributed by atoms with Gasteiger partial charge in [0.05, 0.1) is 12.0 Å². The van der Waals surface area contributed by atoms with Crippen molar-refractivity contribution in [2.24, 2.45) is 0 Å². The van der Waals surface area contributed by atoms with Gasteiger partial charge in [-0.25, -0.2) is 9.59 Å². The van der Waals surface area contributed by atoms with Crippen LogP contribution in [0.2, 0.25) is 0 Å². The number of hydrogen-bond acceptors (Lipinski definition) is 5. The molecule has 4 N–H and O–H groups in total. The Bertz CT molecular complexity index is 1140. The van der Waals surface area contributed by atoms with Crippen molar-refractivity contribution in [2.45, 2.75) is 24.5 Å². The second-order valence-corrected chi connectivity index (χ2v) is 8.76. The third-order valence-electron chi connectivity index (χ3n) is 6.05. The maximum absolute atomic E-state index is 12.5. The number of aliphatic hydroxyl groups excluding tert-OH is 1. The molecule has 8 heteroatoms. The van der Waals surface area contributed by atoms with Crippen LogP contribution in [0.25, 0.3) is 11.1 Å². The van der Waals surface area contributed by atoms with E-state index in [1.807, 2.05) is 36.4 Å². The monoisotopic (exact) mass is 494 g/mol. The van der Waals surface area contributed by atoms with E-state index in [4.69, 9.17) is 16.3 Å². The predicted molar refractivity (Wildman–Crippen MR) is 135 cm³/mol. The third-order valence-corrected chi connectivity index (χ3v) is 6.40. The number of alkyl halides is 1. The van der Waals surface area contributed by atoms with Gasteiger partial charge in [-0.3, -0.25) is 0 Å². The fraction of sp³-hybridized carbons (Fsp3) is 0.259. The Morgan fingerprint density at radius 2 is 1.54 bits per heavy atom. The predicted octanol–water partition coefficient (Wildman–Crippen LogP) is 4.23. The molecule has 182 valence electrons. The number of carbonyl (C=O) groups excluding carboxylic acids is 1. The Kier molecular flexibility index (Phi) is 7.90. The SMILES string of the molecule is O=C(NC(Cc1ccc(NCC(O)CCl)cc1)C(=O)O)OCC1c2ccccc2-c2ccccc21. The average molecular weight is 495 g/mol. The van der Waals surface area contributed by atoms with E-state index in [0.29, 0.717) is 6.54 Å². The molecule has 0 bridgehead atoms. The summed E-state index contributed by atoms with van der Waals surface area (Å²) in [5, 5.41) is 24.7. The number of halogens is 1. The molecule has 35 heavy (non-hydrogen) atoms. The number of rotatable bonds is 10. The number of alkyl carbamates (subject to hydrolysis) is 1. The van der Waals surface area contributed by atoms with Crippen LogP contribution in [0.4, 0.5) is 10.5 Å². The van der Waals surface area contributed by atoms with Crippen LogP contribution in [0.15, 0.2) is 72.8 Å². The molecule has 3 aromatic rings. The van der Waals surface area contributed by atoms with Gasteiger partial charge in [-0.05, 0) is 39.9 Å². The fourth-order valence-electron chi connectivity index (χ4n) is 4.27. The largest absolute Gasteiger partial charge is 0.480 e. The van der Waals surface area contributed by atoms with Crippen LogP contribution < -0.4 is 10.6 Å². The average Bonchev–Trinajstić information content (AvgIpc) is 3.20. The van der Waals surface area contributed by atoms with Gasteiger partial charge in [-0.1, -0.05) is 60.7 Å². The van der Waals surface area contributed by atoms with Crippen molar-refractivity contribution in [3.05, 3.63) is 89.5 Å². The van der Waals surface area contributed by atoms with Gasteiger partial charge in [-0.15, -0.1) is 11.6 Å². The molecular weight excluding hydrogens is 468 g/mol.